The van der Waals surface area contributed by atoms with Crippen LogP contribution in [0.3, 0.4) is 0 Å². The van der Waals surface area contributed by atoms with Crippen LogP contribution in [0, 0.1) is 5.41 Å². The van der Waals surface area contributed by atoms with Crippen LogP contribution in [-0.4, -0.2) is 46.6 Å². The number of nitrogens with zero attached hydrogens (tertiary/aromatic N) is 1. The van der Waals surface area contributed by atoms with E-state index in [1.54, 1.807) is 7.11 Å². The summed E-state index contributed by atoms with van der Waals surface area (Å²) in [4.78, 5) is 2.56. The lowest BCUT2D eigenvalue weighted by molar-refractivity contribution is 0.139. The predicted octanol–water partition coefficient (Wildman–Crippen LogP) is 6.59. The van der Waals surface area contributed by atoms with Crippen LogP contribution in [0.15, 0.2) is 12.1 Å². The molecule has 1 atom stereocenters. The van der Waals surface area contributed by atoms with Crippen molar-refractivity contribution >= 4 is 31.5 Å². The van der Waals surface area contributed by atoms with Gasteiger partial charge in [0.15, 0.2) is 8.32 Å². The molecule has 0 bridgehead atoms. The fourth-order valence-corrected chi connectivity index (χ4v) is 5.72. The van der Waals surface area contributed by atoms with Gasteiger partial charge in [0.25, 0.3) is 0 Å². The Labute approximate surface area is 181 Å². The molecule has 3 rings (SSSR count). The number of hydrogen-bond donors (Lipinski definition) is 0. The fourth-order valence-electron chi connectivity index (χ4n) is 4.23. The zero-order valence-electron chi connectivity index (χ0n) is 18.2. The van der Waals surface area contributed by atoms with E-state index in [1.807, 2.05) is 12.1 Å². The van der Waals surface area contributed by atoms with Crippen LogP contribution >= 0.6 is 23.2 Å². The van der Waals surface area contributed by atoms with Gasteiger partial charge in [0.1, 0.15) is 5.75 Å². The molecule has 0 amide bonds. The number of halogens is 2. The molecule has 6 heteroatoms. The maximum absolute atomic E-state index is 6.56. The quantitative estimate of drug-likeness (QED) is 0.462. The molecule has 1 heterocycles. The lowest BCUT2D eigenvalue weighted by Gasteiger charge is -2.38. The third-order valence-electron chi connectivity index (χ3n) is 7.38. The Morgan fingerprint density at radius 2 is 1.82 bits per heavy atom. The van der Waals surface area contributed by atoms with Crippen molar-refractivity contribution in [2.45, 2.75) is 64.1 Å². The highest BCUT2D eigenvalue weighted by Crippen LogP contribution is 2.67. The van der Waals surface area contributed by atoms with Crippen LogP contribution < -0.4 is 4.74 Å². The lowest BCUT2D eigenvalue weighted by Crippen LogP contribution is -2.44. The molecule has 1 saturated carbocycles. The van der Waals surface area contributed by atoms with Crippen LogP contribution in [0.5, 0.6) is 5.75 Å². The molecule has 1 aromatic rings. The van der Waals surface area contributed by atoms with Gasteiger partial charge in [-0.25, -0.2) is 0 Å². The minimum atomic E-state index is -1.65. The number of hydrogen-bond acceptors (Lipinski definition) is 3. The lowest BCUT2D eigenvalue weighted by atomic mass is 9.88. The first-order chi connectivity index (χ1) is 13.0. The predicted molar refractivity (Wildman–Crippen MR) is 122 cm³/mol. The summed E-state index contributed by atoms with van der Waals surface area (Å²) in [6, 6.07) is 3.77. The van der Waals surface area contributed by atoms with Crippen molar-refractivity contribution in [2.75, 3.05) is 33.4 Å². The molecule has 1 aliphatic carbocycles. The van der Waals surface area contributed by atoms with E-state index in [1.165, 1.54) is 19.3 Å². The van der Waals surface area contributed by atoms with Crippen molar-refractivity contribution in [3.8, 4) is 5.75 Å². The largest absolute Gasteiger partial charge is 0.496 e. The summed E-state index contributed by atoms with van der Waals surface area (Å²) in [5.74, 6) is 1.35. The first kappa shape index (κ1) is 22.4. The Bertz CT molecular complexity index is 709. The summed E-state index contributed by atoms with van der Waals surface area (Å²) < 4.78 is 11.9. The molecule has 3 nitrogen and oxygen atoms in total. The second-order valence-corrected chi connectivity index (χ2v) is 15.6. The van der Waals surface area contributed by atoms with Crippen molar-refractivity contribution in [3.63, 3.8) is 0 Å². The number of likely N-dealkylation sites (tertiary alicyclic amines) is 1. The van der Waals surface area contributed by atoms with Gasteiger partial charge in [0.2, 0.25) is 0 Å². The van der Waals surface area contributed by atoms with Gasteiger partial charge in [-0.1, -0.05) is 44.0 Å². The van der Waals surface area contributed by atoms with Gasteiger partial charge in [0.05, 0.1) is 17.2 Å². The minimum absolute atomic E-state index is 0.273. The molecule has 158 valence electrons. The molecule has 0 N–H and O–H groups in total. The van der Waals surface area contributed by atoms with Crippen LogP contribution in [0.2, 0.25) is 28.2 Å². The van der Waals surface area contributed by atoms with Crippen LogP contribution in [0.1, 0.15) is 51.5 Å². The maximum Gasteiger partial charge on any atom is 0.192 e. The Hall–Kier alpha value is -0.263. The van der Waals surface area contributed by atoms with E-state index in [4.69, 9.17) is 32.4 Å². The molecule has 1 aromatic carbocycles. The monoisotopic (exact) mass is 443 g/mol. The first-order valence-electron chi connectivity index (χ1n) is 10.4. The van der Waals surface area contributed by atoms with Gasteiger partial charge in [0, 0.05) is 18.7 Å². The minimum Gasteiger partial charge on any atom is -0.496 e. The molecule has 1 aliphatic heterocycles. The van der Waals surface area contributed by atoms with Crippen molar-refractivity contribution in [1.82, 2.24) is 4.90 Å². The normalized spacial score (nSPS) is 22.5. The van der Waals surface area contributed by atoms with E-state index in [-0.39, 0.29) is 5.04 Å². The summed E-state index contributed by atoms with van der Waals surface area (Å²) in [5, 5.41) is 1.57. The van der Waals surface area contributed by atoms with Crippen molar-refractivity contribution in [1.29, 1.82) is 0 Å². The van der Waals surface area contributed by atoms with Crippen LogP contribution in [-0.2, 0) is 4.43 Å². The van der Waals surface area contributed by atoms with Gasteiger partial charge < -0.3 is 14.1 Å². The Morgan fingerprint density at radius 3 is 2.39 bits per heavy atom. The van der Waals surface area contributed by atoms with E-state index in [9.17, 15) is 0 Å². The van der Waals surface area contributed by atoms with E-state index in [2.05, 4.69) is 38.8 Å². The third kappa shape index (κ3) is 4.41. The zero-order chi connectivity index (χ0) is 20.7. The second-order valence-electron chi connectivity index (χ2n) is 10.0. The smallest absolute Gasteiger partial charge is 0.192 e. The van der Waals surface area contributed by atoms with E-state index in [0.717, 1.165) is 37.6 Å². The number of piperidine rings is 1. The summed E-state index contributed by atoms with van der Waals surface area (Å²) in [6.45, 7) is 15.7. The molecule has 2 aliphatic rings. The first-order valence-corrected chi connectivity index (χ1v) is 14.1. The van der Waals surface area contributed by atoms with Gasteiger partial charge in [-0.3, -0.25) is 0 Å². The highest BCUT2D eigenvalue weighted by Gasteiger charge is 2.56. The maximum atomic E-state index is 6.56. The van der Waals surface area contributed by atoms with Gasteiger partial charge in [-0.05, 0) is 73.9 Å². The van der Waals surface area contributed by atoms with Crippen LogP contribution in [0.4, 0.5) is 0 Å². The van der Waals surface area contributed by atoms with Crippen molar-refractivity contribution in [2.24, 2.45) is 5.41 Å². The average molecular weight is 445 g/mol. The molecule has 1 spiro atoms. The molecule has 2 fully saturated rings. The zero-order valence-corrected chi connectivity index (χ0v) is 20.7. The van der Waals surface area contributed by atoms with Gasteiger partial charge >= 0.3 is 0 Å². The second kappa shape index (κ2) is 8.11. The summed E-state index contributed by atoms with van der Waals surface area (Å²) in [6.07, 6.45) is 3.62. The van der Waals surface area contributed by atoms with Gasteiger partial charge in [-0.15, -0.1) is 0 Å². The Morgan fingerprint density at radius 1 is 1.18 bits per heavy atom. The molecule has 1 unspecified atom stereocenters. The summed E-state index contributed by atoms with van der Waals surface area (Å²) >= 11 is 12.8. The fraction of sp³-hybridized carbons (Fsp3) is 0.727. The summed E-state index contributed by atoms with van der Waals surface area (Å²) in [7, 11) is 0.0609. The highest BCUT2D eigenvalue weighted by atomic mass is 35.5. The Kier molecular flexibility index (Phi) is 6.49. The summed E-state index contributed by atoms with van der Waals surface area (Å²) in [5.41, 5.74) is 1.49. The van der Waals surface area contributed by atoms with E-state index < -0.39 is 8.32 Å². The highest BCUT2D eigenvalue weighted by molar-refractivity contribution is 6.74. The SMILES string of the molecule is COc1ccc(Cl)c(Cl)c1C1CC12CCN(CCO[Si](C)(C)C(C)(C)C)CC2. The third-order valence-corrected chi connectivity index (χ3v) is 12.7. The molecule has 28 heavy (non-hydrogen) atoms. The molecule has 1 saturated heterocycles. The average Bonchev–Trinajstić information content (AvgIpc) is 3.30. The molecule has 0 aromatic heterocycles. The topological polar surface area (TPSA) is 21.7 Å². The Balaban J connectivity index is 1.54. The number of benzene rings is 1. The van der Waals surface area contributed by atoms with Crippen molar-refractivity contribution < 1.29 is 9.16 Å². The standard InChI is InChI=1S/C22H35Cl2NO2Si/c1-21(2,3)28(5,6)27-14-13-25-11-9-22(10-12-25)15-16(22)19-18(26-4)8-7-17(23)20(19)24/h7-8,16H,9-15H2,1-6H3. The van der Waals surface area contributed by atoms with Crippen molar-refractivity contribution in [3.05, 3.63) is 27.7 Å². The molecular formula is C22H35Cl2NO2Si. The molecule has 0 radical (unpaired) electrons. The van der Waals surface area contributed by atoms with E-state index in [0.29, 0.717) is 21.4 Å². The van der Waals surface area contributed by atoms with Gasteiger partial charge in [-0.2, -0.15) is 0 Å². The number of methoxy groups -OCH3 is 1. The van der Waals surface area contributed by atoms with Crippen LogP contribution in [0.25, 0.3) is 0 Å². The van der Waals surface area contributed by atoms with E-state index >= 15 is 0 Å². The number of ether oxygens (including phenoxy) is 1. The molecular weight excluding hydrogens is 409 g/mol. The number of rotatable bonds is 6.